The monoisotopic (exact) mass is 394 g/mol. The van der Waals surface area contributed by atoms with Gasteiger partial charge in [0.2, 0.25) is 11.8 Å². The number of carbonyl (C=O) groups excluding carboxylic acids is 2. The third kappa shape index (κ3) is 5.38. The number of hydrogen-bond acceptors (Lipinski definition) is 4. The average molecular weight is 394 g/mol. The molecular weight excluding hydrogens is 368 g/mol. The molecule has 1 saturated heterocycles. The number of likely N-dealkylation sites (tertiary alicyclic amines) is 1. The van der Waals surface area contributed by atoms with Crippen LogP contribution in [0, 0.1) is 5.92 Å². The molecule has 0 aromatic heterocycles. The van der Waals surface area contributed by atoms with E-state index >= 15 is 0 Å². The lowest BCUT2D eigenvalue weighted by atomic mass is 9.97. The number of nitrogens with one attached hydrogen (secondary N) is 1. The summed E-state index contributed by atoms with van der Waals surface area (Å²) in [5, 5.41) is 2.93. The Bertz CT molecular complexity index is 880. The fourth-order valence-corrected chi connectivity index (χ4v) is 3.39. The van der Waals surface area contributed by atoms with Crippen molar-refractivity contribution in [3.63, 3.8) is 0 Å². The standard InChI is InChI=1S/C23H26N2O4/c1-28-20-11-12-21(29-2)17(15-20)10-13-22(26)25-14-6-7-18(16-25)23(27)24-19-8-4-3-5-9-19/h3-5,8-13,15,18H,6-7,14,16H2,1-2H3,(H,24,27). The van der Waals surface area contributed by atoms with Crippen molar-refractivity contribution in [3.05, 3.63) is 60.2 Å². The first kappa shape index (κ1) is 20.5. The van der Waals surface area contributed by atoms with Gasteiger partial charge in [-0.2, -0.15) is 0 Å². The minimum Gasteiger partial charge on any atom is -0.497 e. The van der Waals surface area contributed by atoms with Gasteiger partial charge in [-0.25, -0.2) is 0 Å². The lowest BCUT2D eigenvalue weighted by Crippen LogP contribution is -2.43. The van der Waals surface area contributed by atoms with Crippen molar-refractivity contribution in [1.29, 1.82) is 0 Å². The van der Waals surface area contributed by atoms with Crippen molar-refractivity contribution in [3.8, 4) is 11.5 Å². The van der Waals surface area contributed by atoms with Crippen LogP contribution in [0.3, 0.4) is 0 Å². The van der Waals surface area contributed by atoms with E-state index in [9.17, 15) is 9.59 Å². The van der Waals surface area contributed by atoms with Crippen LogP contribution in [0.15, 0.2) is 54.6 Å². The molecule has 1 fully saturated rings. The highest BCUT2D eigenvalue weighted by molar-refractivity contribution is 5.95. The maximum atomic E-state index is 12.7. The van der Waals surface area contributed by atoms with Gasteiger partial charge in [0.25, 0.3) is 0 Å². The summed E-state index contributed by atoms with van der Waals surface area (Å²) >= 11 is 0. The van der Waals surface area contributed by atoms with Gasteiger partial charge in [0, 0.05) is 30.4 Å². The molecule has 152 valence electrons. The van der Waals surface area contributed by atoms with Crippen LogP contribution in [-0.2, 0) is 9.59 Å². The Morgan fingerprint density at radius 2 is 1.90 bits per heavy atom. The number of carbonyl (C=O) groups is 2. The third-order valence-corrected chi connectivity index (χ3v) is 4.99. The Morgan fingerprint density at radius 3 is 2.62 bits per heavy atom. The summed E-state index contributed by atoms with van der Waals surface area (Å²) in [6, 6.07) is 14.8. The first-order valence-corrected chi connectivity index (χ1v) is 9.65. The number of ether oxygens (including phenoxy) is 2. The van der Waals surface area contributed by atoms with Crippen molar-refractivity contribution in [2.45, 2.75) is 12.8 Å². The van der Waals surface area contributed by atoms with Crippen molar-refractivity contribution < 1.29 is 19.1 Å². The predicted octanol–water partition coefficient (Wildman–Crippen LogP) is 3.59. The molecule has 2 aromatic rings. The van der Waals surface area contributed by atoms with E-state index < -0.39 is 0 Å². The number of anilines is 1. The fraction of sp³-hybridized carbons (Fsp3) is 0.304. The molecule has 0 aliphatic carbocycles. The van der Waals surface area contributed by atoms with E-state index in [-0.39, 0.29) is 17.7 Å². The highest BCUT2D eigenvalue weighted by Crippen LogP contribution is 2.25. The van der Waals surface area contributed by atoms with E-state index in [1.54, 1.807) is 37.3 Å². The van der Waals surface area contributed by atoms with Gasteiger partial charge in [0.1, 0.15) is 11.5 Å². The Kier molecular flexibility index (Phi) is 6.89. The number of benzene rings is 2. The van der Waals surface area contributed by atoms with E-state index in [1.807, 2.05) is 36.4 Å². The second-order valence-corrected chi connectivity index (χ2v) is 6.92. The molecule has 1 aliphatic rings. The molecule has 1 aliphatic heterocycles. The molecular formula is C23H26N2O4. The Balaban J connectivity index is 1.64. The second-order valence-electron chi connectivity index (χ2n) is 6.92. The minimum atomic E-state index is -0.215. The van der Waals surface area contributed by atoms with Gasteiger partial charge in [-0.3, -0.25) is 9.59 Å². The molecule has 1 atom stereocenters. The van der Waals surface area contributed by atoms with Gasteiger partial charge in [-0.05, 0) is 49.2 Å². The van der Waals surface area contributed by atoms with Crippen LogP contribution in [-0.4, -0.2) is 44.0 Å². The largest absolute Gasteiger partial charge is 0.497 e. The second kappa shape index (κ2) is 9.78. The van der Waals surface area contributed by atoms with Crippen LogP contribution in [0.2, 0.25) is 0 Å². The summed E-state index contributed by atoms with van der Waals surface area (Å²) in [5.74, 6) is 0.967. The van der Waals surface area contributed by atoms with E-state index in [4.69, 9.17) is 9.47 Å². The molecule has 0 saturated carbocycles. The van der Waals surface area contributed by atoms with Crippen LogP contribution in [0.5, 0.6) is 11.5 Å². The Labute approximate surface area is 171 Å². The summed E-state index contributed by atoms with van der Waals surface area (Å²) in [6.45, 7) is 1.06. The minimum absolute atomic E-state index is 0.0489. The summed E-state index contributed by atoms with van der Waals surface area (Å²) in [4.78, 5) is 27.0. The van der Waals surface area contributed by atoms with Crippen molar-refractivity contribution in [2.24, 2.45) is 5.92 Å². The van der Waals surface area contributed by atoms with E-state index in [2.05, 4.69) is 5.32 Å². The molecule has 0 radical (unpaired) electrons. The van der Waals surface area contributed by atoms with Gasteiger partial charge < -0.3 is 19.7 Å². The lowest BCUT2D eigenvalue weighted by molar-refractivity contribution is -0.130. The van der Waals surface area contributed by atoms with E-state index in [0.717, 1.165) is 24.1 Å². The molecule has 1 heterocycles. The van der Waals surface area contributed by atoms with E-state index in [0.29, 0.717) is 24.6 Å². The number of nitrogens with zero attached hydrogens (tertiary/aromatic N) is 1. The van der Waals surface area contributed by atoms with Crippen molar-refractivity contribution in [2.75, 3.05) is 32.6 Å². The van der Waals surface area contributed by atoms with Crippen LogP contribution in [0.4, 0.5) is 5.69 Å². The molecule has 3 rings (SSSR count). The first-order chi connectivity index (χ1) is 14.1. The molecule has 1 N–H and O–H groups in total. The smallest absolute Gasteiger partial charge is 0.246 e. The molecule has 0 bridgehead atoms. The lowest BCUT2D eigenvalue weighted by Gasteiger charge is -2.31. The van der Waals surface area contributed by atoms with Crippen LogP contribution < -0.4 is 14.8 Å². The molecule has 2 amide bonds. The van der Waals surface area contributed by atoms with Crippen LogP contribution in [0.25, 0.3) is 6.08 Å². The highest BCUT2D eigenvalue weighted by Gasteiger charge is 2.27. The van der Waals surface area contributed by atoms with Crippen LogP contribution in [0.1, 0.15) is 18.4 Å². The number of methoxy groups -OCH3 is 2. The number of para-hydroxylation sites is 1. The molecule has 6 heteroatoms. The number of rotatable bonds is 6. The van der Waals surface area contributed by atoms with E-state index in [1.165, 1.54) is 6.08 Å². The topological polar surface area (TPSA) is 67.9 Å². The summed E-state index contributed by atoms with van der Waals surface area (Å²) in [7, 11) is 3.18. The molecule has 1 unspecified atom stereocenters. The normalized spacial score (nSPS) is 16.5. The van der Waals surface area contributed by atoms with Crippen molar-refractivity contribution >= 4 is 23.6 Å². The maximum Gasteiger partial charge on any atom is 0.246 e. The number of piperidine rings is 1. The Morgan fingerprint density at radius 1 is 1.10 bits per heavy atom. The summed E-state index contributed by atoms with van der Waals surface area (Å²) in [6.07, 6.45) is 4.82. The SMILES string of the molecule is COc1ccc(OC)c(C=CC(=O)N2CCCC(C(=O)Nc3ccccc3)C2)c1. The first-order valence-electron chi connectivity index (χ1n) is 9.65. The predicted molar refractivity (Wildman–Crippen MR) is 113 cm³/mol. The number of hydrogen-bond donors (Lipinski definition) is 1. The average Bonchev–Trinajstić information content (AvgIpc) is 2.78. The number of amides is 2. The van der Waals surface area contributed by atoms with Crippen molar-refractivity contribution in [1.82, 2.24) is 4.90 Å². The van der Waals surface area contributed by atoms with Gasteiger partial charge in [-0.1, -0.05) is 18.2 Å². The zero-order chi connectivity index (χ0) is 20.6. The molecule has 6 nitrogen and oxygen atoms in total. The molecule has 29 heavy (non-hydrogen) atoms. The molecule has 0 spiro atoms. The Hall–Kier alpha value is -3.28. The van der Waals surface area contributed by atoms with Gasteiger partial charge in [0.05, 0.1) is 20.1 Å². The fourth-order valence-electron chi connectivity index (χ4n) is 3.39. The van der Waals surface area contributed by atoms with Crippen LogP contribution >= 0.6 is 0 Å². The van der Waals surface area contributed by atoms with Gasteiger partial charge in [-0.15, -0.1) is 0 Å². The highest BCUT2D eigenvalue weighted by atomic mass is 16.5. The summed E-state index contributed by atoms with van der Waals surface area (Å²) in [5.41, 5.74) is 1.53. The van der Waals surface area contributed by atoms with Gasteiger partial charge >= 0.3 is 0 Å². The zero-order valence-electron chi connectivity index (χ0n) is 16.8. The third-order valence-electron chi connectivity index (χ3n) is 4.99. The van der Waals surface area contributed by atoms with Gasteiger partial charge in [0.15, 0.2) is 0 Å². The zero-order valence-corrected chi connectivity index (χ0v) is 16.8. The molecule has 2 aromatic carbocycles. The maximum absolute atomic E-state index is 12.7. The quantitative estimate of drug-likeness (QED) is 0.761. The summed E-state index contributed by atoms with van der Waals surface area (Å²) < 4.78 is 10.6.